The molecule has 0 aromatic carbocycles. The summed E-state index contributed by atoms with van der Waals surface area (Å²) in [7, 11) is 1.59. The summed E-state index contributed by atoms with van der Waals surface area (Å²) in [6, 6.07) is 0. The van der Waals surface area contributed by atoms with Gasteiger partial charge in [0, 0.05) is 45.3 Å². The molecule has 2 amide bonds. The topological polar surface area (TPSA) is 101 Å². The summed E-state index contributed by atoms with van der Waals surface area (Å²) in [6.45, 7) is 7.91. The first-order valence-corrected chi connectivity index (χ1v) is 10.9. The van der Waals surface area contributed by atoms with Gasteiger partial charge in [0.05, 0.1) is 30.2 Å². The molecule has 2 aliphatic rings. The molecule has 30 heavy (non-hydrogen) atoms. The molecule has 2 aliphatic heterocycles. The molecule has 0 spiro atoms. The Morgan fingerprint density at radius 1 is 1.17 bits per heavy atom. The highest BCUT2D eigenvalue weighted by atomic mass is 32.1. The number of nitrogens with zero attached hydrogens (tertiary/aromatic N) is 5. The van der Waals surface area contributed by atoms with E-state index in [2.05, 4.69) is 25.2 Å². The van der Waals surface area contributed by atoms with E-state index in [0.29, 0.717) is 48.3 Å². The lowest BCUT2D eigenvalue weighted by atomic mass is 10.1. The molecule has 9 nitrogen and oxygen atoms in total. The summed E-state index contributed by atoms with van der Waals surface area (Å²) in [6.07, 6.45) is 2.38. The molecular weight excluding hydrogens is 404 g/mol. The number of nitrogens with one attached hydrogen (secondary N) is 1. The number of morpholine rings is 1. The first-order chi connectivity index (χ1) is 14.5. The number of carbonyl (C=O) groups is 2. The predicted molar refractivity (Wildman–Crippen MR) is 113 cm³/mol. The number of amides is 2. The van der Waals surface area contributed by atoms with Crippen molar-refractivity contribution in [3.8, 4) is 0 Å². The van der Waals surface area contributed by atoms with E-state index < -0.39 is 0 Å². The first kappa shape index (κ1) is 20.7. The van der Waals surface area contributed by atoms with Gasteiger partial charge in [0.2, 0.25) is 0 Å². The number of aromatic nitrogens is 3. The van der Waals surface area contributed by atoms with Gasteiger partial charge in [0.25, 0.3) is 11.8 Å². The second-order valence-corrected chi connectivity index (χ2v) is 8.53. The van der Waals surface area contributed by atoms with Gasteiger partial charge in [-0.2, -0.15) is 0 Å². The molecule has 0 radical (unpaired) electrons. The lowest BCUT2D eigenvalue weighted by Gasteiger charge is -2.26. The maximum atomic E-state index is 13.1. The standard InChI is InChI=1S/C20H26N6O3S/c1-12-15(18(27)21-3)10-22-17(23-12)14-4-5-26(11-14)19(28)16-13(2)24-20(30-16)25-6-8-29-9-7-25/h10,14H,4-9,11H2,1-3H3,(H,21,27)/t14-/m0/s1. The van der Waals surface area contributed by atoms with Gasteiger partial charge in [0.15, 0.2) is 5.13 Å². The van der Waals surface area contributed by atoms with Gasteiger partial charge in [-0.25, -0.2) is 15.0 Å². The minimum atomic E-state index is -0.195. The highest BCUT2D eigenvalue weighted by Crippen LogP contribution is 2.31. The predicted octanol–water partition coefficient (Wildman–Crippen LogP) is 1.38. The van der Waals surface area contributed by atoms with Crippen molar-refractivity contribution in [1.82, 2.24) is 25.2 Å². The highest BCUT2D eigenvalue weighted by molar-refractivity contribution is 7.17. The number of likely N-dealkylation sites (tertiary alicyclic amines) is 1. The third kappa shape index (κ3) is 4.01. The number of ether oxygens (including phenoxy) is 1. The Labute approximate surface area is 179 Å². The van der Waals surface area contributed by atoms with Crippen LogP contribution in [0.1, 0.15) is 49.6 Å². The minimum Gasteiger partial charge on any atom is -0.378 e. The summed E-state index contributed by atoms with van der Waals surface area (Å²) in [5, 5.41) is 3.48. The Balaban J connectivity index is 1.45. The fourth-order valence-electron chi connectivity index (χ4n) is 3.81. The van der Waals surface area contributed by atoms with Crippen molar-refractivity contribution in [1.29, 1.82) is 0 Å². The van der Waals surface area contributed by atoms with Crippen molar-refractivity contribution >= 4 is 28.3 Å². The van der Waals surface area contributed by atoms with E-state index in [-0.39, 0.29) is 17.7 Å². The van der Waals surface area contributed by atoms with E-state index in [1.165, 1.54) is 11.3 Å². The summed E-state index contributed by atoms with van der Waals surface area (Å²) >= 11 is 1.46. The second kappa shape index (κ2) is 8.65. The van der Waals surface area contributed by atoms with Crippen molar-refractivity contribution in [2.45, 2.75) is 26.2 Å². The number of carbonyl (C=O) groups excluding carboxylic acids is 2. The van der Waals surface area contributed by atoms with Crippen LogP contribution in [0.15, 0.2) is 6.20 Å². The fraction of sp³-hybridized carbons (Fsp3) is 0.550. The van der Waals surface area contributed by atoms with Crippen LogP contribution in [-0.2, 0) is 4.74 Å². The summed E-state index contributed by atoms with van der Waals surface area (Å²) in [5.41, 5.74) is 1.90. The normalized spacial score (nSPS) is 19.2. The zero-order valence-electron chi connectivity index (χ0n) is 17.5. The average molecular weight is 431 g/mol. The lowest BCUT2D eigenvalue weighted by molar-refractivity contribution is 0.0794. The Morgan fingerprint density at radius 2 is 1.93 bits per heavy atom. The molecule has 4 rings (SSSR count). The van der Waals surface area contributed by atoms with Gasteiger partial charge >= 0.3 is 0 Å². The lowest BCUT2D eigenvalue weighted by Crippen LogP contribution is -2.36. The van der Waals surface area contributed by atoms with Crippen LogP contribution in [0.2, 0.25) is 0 Å². The number of hydrogen-bond acceptors (Lipinski definition) is 8. The Kier molecular flexibility index (Phi) is 5.96. The van der Waals surface area contributed by atoms with E-state index in [1.807, 2.05) is 18.7 Å². The third-order valence-electron chi connectivity index (χ3n) is 5.57. The van der Waals surface area contributed by atoms with E-state index in [9.17, 15) is 9.59 Å². The monoisotopic (exact) mass is 430 g/mol. The molecule has 2 fully saturated rings. The van der Waals surface area contributed by atoms with E-state index >= 15 is 0 Å². The van der Waals surface area contributed by atoms with Crippen molar-refractivity contribution in [2.75, 3.05) is 51.3 Å². The Hall–Kier alpha value is -2.59. The molecule has 0 saturated carbocycles. The second-order valence-electron chi connectivity index (χ2n) is 7.55. The molecule has 4 heterocycles. The van der Waals surface area contributed by atoms with E-state index in [1.54, 1.807) is 13.2 Å². The van der Waals surface area contributed by atoms with Gasteiger partial charge in [-0.15, -0.1) is 0 Å². The largest absolute Gasteiger partial charge is 0.378 e. The van der Waals surface area contributed by atoms with Crippen LogP contribution in [0, 0.1) is 13.8 Å². The minimum absolute atomic E-state index is 0.0192. The molecule has 0 aliphatic carbocycles. The van der Waals surface area contributed by atoms with Crippen molar-refractivity contribution in [2.24, 2.45) is 0 Å². The van der Waals surface area contributed by atoms with E-state index in [4.69, 9.17) is 4.74 Å². The number of rotatable bonds is 4. The number of anilines is 1. The zero-order chi connectivity index (χ0) is 21.3. The molecule has 10 heteroatoms. The maximum Gasteiger partial charge on any atom is 0.265 e. The molecule has 2 aromatic heterocycles. The van der Waals surface area contributed by atoms with Crippen LogP contribution in [-0.4, -0.2) is 78.1 Å². The van der Waals surface area contributed by atoms with Crippen molar-refractivity contribution in [3.63, 3.8) is 0 Å². The third-order valence-corrected chi connectivity index (χ3v) is 6.78. The van der Waals surface area contributed by atoms with Crippen LogP contribution >= 0.6 is 11.3 Å². The zero-order valence-corrected chi connectivity index (χ0v) is 18.3. The van der Waals surface area contributed by atoms with Crippen LogP contribution in [0.3, 0.4) is 0 Å². The summed E-state index contributed by atoms with van der Waals surface area (Å²) in [5.74, 6) is 0.577. The smallest absolute Gasteiger partial charge is 0.265 e. The molecule has 2 saturated heterocycles. The molecule has 0 unspecified atom stereocenters. The summed E-state index contributed by atoms with van der Waals surface area (Å²) < 4.78 is 5.40. The maximum absolute atomic E-state index is 13.1. The van der Waals surface area contributed by atoms with Crippen LogP contribution in [0.25, 0.3) is 0 Å². The molecule has 160 valence electrons. The van der Waals surface area contributed by atoms with Crippen molar-refractivity contribution in [3.05, 3.63) is 33.8 Å². The van der Waals surface area contributed by atoms with Crippen LogP contribution in [0.5, 0.6) is 0 Å². The molecule has 0 bridgehead atoms. The molecule has 2 aromatic rings. The Bertz CT molecular complexity index is 956. The number of hydrogen-bond donors (Lipinski definition) is 1. The summed E-state index contributed by atoms with van der Waals surface area (Å²) in [4.78, 5) is 43.3. The molecule has 1 N–H and O–H groups in total. The van der Waals surface area contributed by atoms with Crippen molar-refractivity contribution < 1.29 is 14.3 Å². The quantitative estimate of drug-likeness (QED) is 0.782. The van der Waals surface area contributed by atoms with Gasteiger partial charge in [-0.05, 0) is 20.3 Å². The van der Waals surface area contributed by atoms with Gasteiger partial charge in [-0.1, -0.05) is 11.3 Å². The molecule has 1 atom stereocenters. The van der Waals surface area contributed by atoms with Crippen LogP contribution < -0.4 is 10.2 Å². The fourth-order valence-corrected chi connectivity index (χ4v) is 4.90. The average Bonchev–Trinajstić information content (AvgIpc) is 3.40. The molecular formula is C20H26N6O3S. The Morgan fingerprint density at radius 3 is 2.63 bits per heavy atom. The SMILES string of the molecule is CNC(=O)c1cnc([C@H]2CCN(C(=O)c3sc(N4CCOCC4)nc3C)C2)nc1C. The van der Waals surface area contributed by atoms with Gasteiger partial charge in [0.1, 0.15) is 10.7 Å². The van der Waals surface area contributed by atoms with Gasteiger partial charge < -0.3 is 19.9 Å². The highest BCUT2D eigenvalue weighted by Gasteiger charge is 2.32. The number of aryl methyl sites for hydroxylation is 2. The van der Waals surface area contributed by atoms with Gasteiger partial charge in [-0.3, -0.25) is 9.59 Å². The number of thiazole rings is 1. The van der Waals surface area contributed by atoms with E-state index in [0.717, 1.165) is 30.3 Å². The van der Waals surface area contributed by atoms with Crippen LogP contribution in [0.4, 0.5) is 5.13 Å². The first-order valence-electron chi connectivity index (χ1n) is 10.1.